The van der Waals surface area contributed by atoms with Crippen LogP contribution in [0.5, 0.6) is 0 Å². The number of hydrogen-bond donors (Lipinski definition) is 2. The number of anilines is 1. The van der Waals surface area contributed by atoms with Crippen LogP contribution in [0.15, 0.2) is 48.5 Å². The number of rotatable bonds is 2. The van der Waals surface area contributed by atoms with Gasteiger partial charge in [0.25, 0.3) is 5.91 Å². The molecule has 2 N–H and O–H groups in total. The number of H-pyrrole nitrogens is 1. The molecule has 0 bridgehead atoms. The van der Waals surface area contributed by atoms with Gasteiger partial charge < -0.3 is 10.3 Å². The fraction of sp³-hybridized carbons (Fsp3) is 0.0625. The second-order valence-corrected chi connectivity index (χ2v) is 5.32. The van der Waals surface area contributed by atoms with Gasteiger partial charge in [0.2, 0.25) is 0 Å². The van der Waals surface area contributed by atoms with Gasteiger partial charge in [-0.2, -0.15) is 13.2 Å². The van der Waals surface area contributed by atoms with E-state index in [0.29, 0.717) is 0 Å². The van der Waals surface area contributed by atoms with Crippen LogP contribution in [0.2, 0.25) is 5.02 Å². The third kappa shape index (κ3) is 3.17. The molecular weight excluding hydrogens is 329 g/mol. The number of amides is 1. The third-order valence-corrected chi connectivity index (χ3v) is 3.63. The van der Waals surface area contributed by atoms with Crippen molar-refractivity contribution in [2.45, 2.75) is 6.18 Å². The fourth-order valence-electron chi connectivity index (χ4n) is 2.21. The summed E-state index contributed by atoms with van der Waals surface area (Å²) in [5.41, 5.74) is 0.0541. The van der Waals surface area contributed by atoms with Gasteiger partial charge in [0.1, 0.15) is 5.69 Å². The number of benzene rings is 2. The minimum atomic E-state index is -4.58. The summed E-state index contributed by atoms with van der Waals surface area (Å²) in [5.74, 6) is -0.531. The van der Waals surface area contributed by atoms with Gasteiger partial charge in [0.05, 0.1) is 10.6 Å². The molecule has 0 saturated carbocycles. The molecule has 3 rings (SSSR count). The van der Waals surface area contributed by atoms with Gasteiger partial charge in [0.15, 0.2) is 0 Å². The van der Waals surface area contributed by atoms with Crippen LogP contribution in [0, 0.1) is 0 Å². The Kier molecular flexibility index (Phi) is 3.77. The smallest absolute Gasteiger partial charge is 0.351 e. The molecular formula is C16H10ClF3N2O. The molecule has 0 spiro atoms. The van der Waals surface area contributed by atoms with Crippen molar-refractivity contribution in [2.24, 2.45) is 0 Å². The van der Waals surface area contributed by atoms with Crippen LogP contribution in [-0.2, 0) is 6.18 Å². The molecule has 23 heavy (non-hydrogen) atoms. The van der Waals surface area contributed by atoms with Gasteiger partial charge in [-0.3, -0.25) is 4.79 Å². The lowest BCUT2D eigenvalue weighted by Crippen LogP contribution is -2.13. The summed E-state index contributed by atoms with van der Waals surface area (Å²) < 4.78 is 38.5. The zero-order valence-corrected chi connectivity index (χ0v) is 12.3. The number of aromatic nitrogens is 1. The Morgan fingerprint density at radius 1 is 1.09 bits per heavy atom. The van der Waals surface area contributed by atoms with Gasteiger partial charge in [0, 0.05) is 16.6 Å². The van der Waals surface area contributed by atoms with E-state index in [-0.39, 0.29) is 11.4 Å². The van der Waals surface area contributed by atoms with Crippen molar-refractivity contribution in [2.75, 3.05) is 5.32 Å². The standard InChI is InChI=1S/C16H10ClF3N2O/c17-12-6-5-10(8-11(12)16(18,19)20)21-15(23)14-7-9-3-1-2-4-13(9)22-14/h1-8,22H,(H,21,23). The van der Waals surface area contributed by atoms with Gasteiger partial charge in [-0.1, -0.05) is 29.8 Å². The minimum absolute atomic E-state index is 0.0189. The lowest BCUT2D eigenvalue weighted by molar-refractivity contribution is -0.137. The topological polar surface area (TPSA) is 44.9 Å². The van der Waals surface area contributed by atoms with E-state index in [9.17, 15) is 18.0 Å². The number of alkyl halides is 3. The highest BCUT2D eigenvalue weighted by Gasteiger charge is 2.33. The number of para-hydroxylation sites is 1. The molecule has 7 heteroatoms. The lowest BCUT2D eigenvalue weighted by atomic mass is 10.2. The summed E-state index contributed by atoms with van der Waals surface area (Å²) in [6, 6.07) is 12.1. The van der Waals surface area contributed by atoms with Crippen LogP contribution < -0.4 is 5.32 Å². The predicted molar refractivity (Wildman–Crippen MR) is 82.7 cm³/mol. The van der Waals surface area contributed by atoms with Gasteiger partial charge in [-0.15, -0.1) is 0 Å². The number of aromatic amines is 1. The average Bonchev–Trinajstić information content (AvgIpc) is 2.92. The summed E-state index contributed by atoms with van der Waals surface area (Å²) in [7, 11) is 0. The Morgan fingerprint density at radius 3 is 2.52 bits per heavy atom. The Balaban J connectivity index is 1.88. The number of carbonyl (C=O) groups is 1. The Morgan fingerprint density at radius 2 is 1.83 bits per heavy atom. The van der Waals surface area contributed by atoms with Crippen molar-refractivity contribution in [3.63, 3.8) is 0 Å². The summed E-state index contributed by atoms with van der Waals surface area (Å²) in [6.07, 6.45) is -4.58. The number of nitrogens with one attached hydrogen (secondary N) is 2. The molecule has 1 amide bonds. The zero-order chi connectivity index (χ0) is 16.6. The summed E-state index contributed by atoms with van der Waals surface area (Å²) in [4.78, 5) is 15.1. The Bertz CT molecular complexity index is 853. The number of carbonyl (C=O) groups excluding carboxylic acids is 1. The van der Waals surface area contributed by atoms with Crippen molar-refractivity contribution in [1.29, 1.82) is 0 Å². The van der Waals surface area contributed by atoms with E-state index in [4.69, 9.17) is 11.6 Å². The van der Waals surface area contributed by atoms with E-state index < -0.39 is 22.7 Å². The third-order valence-electron chi connectivity index (χ3n) is 3.30. The highest BCUT2D eigenvalue weighted by molar-refractivity contribution is 6.31. The van der Waals surface area contributed by atoms with Crippen LogP contribution in [-0.4, -0.2) is 10.9 Å². The van der Waals surface area contributed by atoms with E-state index in [0.717, 1.165) is 23.0 Å². The monoisotopic (exact) mass is 338 g/mol. The molecule has 1 aromatic heterocycles. The quantitative estimate of drug-likeness (QED) is 0.671. The van der Waals surface area contributed by atoms with E-state index >= 15 is 0 Å². The summed E-state index contributed by atoms with van der Waals surface area (Å²) >= 11 is 5.55. The molecule has 0 fully saturated rings. The molecule has 0 aliphatic carbocycles. The second kappa shape index (κ2) is 5.62. The van der Waals surface area contributed by atoms with Crippen molar-refractivity contribution >= 4 is 34.1 Å². The predicted octanol–water partition coefficient (Wildman–Crippen LogP) is 5.09. The molecule has 0 aliphatic rings. The second-order valence-electron chi connectivity index (χ2n) is 4.92. The first-order valence-electron chi connectivity index (χ1n) is 6.60. The van der Waals surface area contributed by atoms with Gasteiger partial charge in [-0.05, 0) is 30.3 Å². The molecule has 1 heterocycles. The van der Waals surface area contributed by atoms with Crippen LogP contribution in [0.3, 0.4) is 0 Å². The maximum atomic E-state index is 12.8. The Hall–Kier alpha value is -2.47. The maximum absolute atomic E-state index is 12.8. The highest BCUT2D eigenvalue weighted by Crippen LogP contribution is 2.36. The summed E-state index contributed by atoms with van der Waals surface area (Å²) in [5, 5.41) is 2.85. The van der Waals surface area contributed by atoms with E-state index in [1.54, 1.807) is 12.1 Å². The first-order chi connectivity index (χ1) is 10.8. The first kappa shape index (κ1) is 15.4. The minimum Gasteiger partial charge on any atom is -0.351 e. The van der Waals surface area contributed by atoms with Crippen LogP contribution in [0.25, 0.3) is 10.9 Å². The first-order valence-corrected chi connectivity index (χ1v) is 6.98. The van der Waals surface area contributed by atoms with Gasteiger partial charge >= 0.3 is 6.18 Å². The molecule has 0 unspecified atom stereocenters. The van der Waals surface area contributed by atoms with Crippen LogP contribution in [0.4, 0.5) is 18.9 Å². The van der Waals surface area contributed by atoms with Crippen LogP contribution in [0.1, 0.15) is 16.1 Å². The molecule has 118 valence electrons. The zero-order valence-electron chi connectivity index (χ0n) is 11.5. The van der Waals surface area contributed by atoms with Crippen molar-refractivity contribution in [1.82, 2.24) is 4.98 Å². The van der Waals surface area contributed by atoms with Crippen molar-refractivity contribution < 1.29 is 18.0 Å². The lowest BCUT2D eigenvalue weighted by Gasteiger charge is -2.11. The largest absolute Gasteiger partial charge is 0.417 e. The molecule has 3 aromatic rings. The van der Waals surface area contributed by atoms with Crippen LogP contribution >= 0.6 is 11.6 Å². The fourth-order valence-corrected chi connectivity index (χ4v) is 2.44. The Labute approximate surface area is 134 Å². The number of halogens is 4. The molecule has 2 aromatic carbocycles. The number of hydrogen-bond acceptors (Lipinski definition) is 1. The average molecular weight is 339 g/mol. The molecule has 0 atom stereocenters. The maximum Gasteiger partial charge on any atom is 0.417 e. The van der Waals surface area contributed by atoms with Crippen molar-refractivity contribution in [3.05, 3.63) is 64.8 Å². The molecule has 3 nitrogen and oxygen atoms in total. The van der Waals surface area contributed by atoms with E-state index in [1.807, 2.05) is 18.2 Å². The normalized spacial score (nSPS) is 11.7. The highest BCUT2D eigenvalue weighted by atomic mass is 35.5. The van der Waals surface area contributed by atoms with Gasteiger partial charge in [-0.25, -0.2) is 0 Å². The van der Waals surface area contributed by atoms with Crippen molar-refractivity contribution in [3.8, 4) is 0 Å². The SMILES string of the molecule is O=C(Nc1ccc(Cl)c(C(F)(F)F)c1)c1cc2ccccc2[nH]1. The molecule has 0 radical (unpaired) electrons. The van der Waals surface area contributed by atoms with E-state index in [1.165, 1.54) is 6.07 Å². The van der Waals surface area contributed by atoms with E-state index in [2.05, 4.69) is 10.3 Å². The summed E-state index contributed by atoms with van der Waals surface area (Å²) in [6.45, 7) is 0. The molecule has 0 aliphatic heterocycles. The number of fused-ring (bicyclic) bond motifs is 1. The molecule has 0 saturated heterocycles.